The van der Waals surface area contributed by atoms with Crippen LogP contribution in [0.25, 0.3) is 0 Å². The third-order valence-electron chi connectivity index (χ3n) is 3.45. The highest BCUT2D eigenvalue weighted by molar-refractivity contribution is 5.68. The molecule has 0 bridgehead atoms. The molecule has 4 heteroatoms. The molecule has 0 saturated carbocycles. The third kappa shape index (κ3) is 3.73. The Balaban J connectivity index is 2.05. The van der Waals surface area contributed by atoms with Crippen molar-refractivity contribution in [1.82, 2.24) is 10.6 Å². The van der Waals surface area contributed by atoms with Gasteiger partial charge in [-0.05, 0) is 51.8 Å². The molecular formula is C16H24N2O2. The molecule has 2 rings (SSSR count). The Morgan fingerprint density at radius 3 is 2.70 bits per heavy atom. The van der Waals surface area contributed by atoms with Crippen molar-refractivity contribution >= 4 is 6.09 Å². The number of rotatable bonds is 2. The molecule has 0 radical (unpaired) electrons. The Morgan fingerprint density at radius 2 is 2.05 bits per heavy atom. The fourth-order valence-corrected chi connectivity index (χ4v) is 2.58. The number of carbonyl (C=O) groups is 1. The van der Waals surface area contributed by atoms with Crippen molar-refractivity contribution in [3.05, 3.63) is 35.4 Å². The van der Waals surface area contributed by atoms with Crippen LogP contribution in [0.3, 0.4) is 0 Å². The lowest BCUT2D eigenvalue weighted by atomic mass is 9.97. The van der Waals surface area contributed by atoms with Crippen LogP contribution < -0.4 is 10.6 Å². The van der Waals surface area contributed by atoms with Gasteiger partial charge in [0.05, 0.1) is 12.1 Å². The lowest BCUT2D eigenvalue weighted by Crippen LogP contribution is -2.41. The van der Waals surface area contributed by atoms with Crippen molar-refractivity contribution in [1.29, 1.82) is 0 Å². The van der Waals surface area contributed by atoms with E-state index in [1.807, 2.05) is 32.9 Å². The molecule has 1 saturated heterocycles. The van der Waals surface area contributed by atoms with Crippen LogP contribution in [0.1, 0.15) is 44.4 Å². The van der Waals surface area contributed by atoms with Crippen LogP contribution in [-0.2, 0) is 4.74 Å². The Morgan fingerprint density at radius 1 is 1.35 bits per heavy atom. The van der Waals surface area contributed by atoms with Crippen LogP contribution in [0.4, 0.5) is 4.79 Å². The quantitative estimate of drug-likeness (QED) is 0.873. The second-order valence-corrected chi connectivity index (χ2v) is 6.33. The predicted octanol–water partition coefficient (Wildman–Crippen LogP) is 2.92. The van der Waals surface area contributed by atoms with Gasteiger partial charge >= 0.3 is 6.09 Å². The van der Waals surface area contributed by atoms with Gasteiger partial charge in [-0.15, -0.1) is 0 Å². The fraction of sp³-hybridized carbons (Fsp3) is 0.562. The fourth-order valence-electron chi connectivity index (χ4n) is 2.58. The molecule has 1 heterocycles. The molecule has 0 unspecified atom stereocenters. The average Bonchev–Trinajstić information content (AvgIpc) is 2.75. The standard InChI is InChI=1S/C16H24N2O2/c1-11-7-5-6-8-12(11)14-13(9-10-17-14)18-15(19)20-16(2,3)4/h5-8,13-14,17H,9-10H2,1-4H3,(H,18,19)/t13-,14+/m1/s1. The lowest BCUT2D eigenvalue weighted by Gasteiger charge is -2.25. The normalized spacial score (nSPS) is 22.6. The van der Waals surface area contributed by atoms with E-state index < -0.39 is 5.60 Å². The van der Waals surface area contributed by atoms with Gasteiger partial charge in [0, 0.05) is 0 Å². The minimum Gasteiger partial charge on any atom is -0.444 e. The summed E-state index contributed by atoms with van der Waals surface area (Å²) in [7, 11) is 0. The highest BCUT2D eigenvalue weighted by atomic mass is 16.6. The second kappa shape index (κ2) is 5.83. The maximum Gasteiger partial charge on any atom is 0.407 e. The van der Waals surface area contributed by atoms with Crippen molar-refractivity contribution in [2.75, 3.05) is 6.54 Å². The van der Waals surface area contributed by atoms with Gasteiger partial charge in [-0.3, -0.25) is 0 Å². The molecule has 0 aliphatic carbocycles. The molecule has 0 spiro atoms. The average molecular weight is 276 g/mol. The number of ether oxygens (including phenoxy) is 1. The Kier molecular flexibility index (Phi) is 4.33. The van der Waals surface area contributed by atoms with Gasteiger partial charge in [-0.1, -0.05) is 24.3 Å². The third-order valence-corrected chi connectivity index (χ3v) is 3.45. The molecular weight excluding hydrogens is 252 g/mol. The summed E-state index contributed by atoms with van der Waals surface area (Å²) in [6.45, 7) is 8.62. The number of benzene rings is 1. The molecule has 1 aromatic carbocycles. The summed E-state index contributed by atoms with van der Waals surface area (Å²) in [5.41, 5.74) is 2.02. The number of amides is 1. The van der Waals surface area contributed by atoms with Gasteiger partial charge in [0.15, 0.2) is 0 Å². The second-order valence-electron chi connectivity index (χ2n) is 6.33. The van der Waals surface area contributed by atoms with Crippen molar-refractivity contribution in [3.63, 3.8) is 0 Å². The molecule has 1 aliphatic heterocycles. The Hall–Kier alpha value is -1.55. The summed E-state index contributed by atoms with van der Waals surface area (Å²) in [4.78, 5) is 11.9. The number of carbonyl (C=O) groups excluding carboxylic acids is 1. The molecule has 1 aliphatic rings. The van der Waals surface area contributed by atoms with E-state index in [-0.39, 0.29) is 18.2 Å². The van der Waals surface area contributed by atoms with Crippen LogP contribution in [0.15, 0.2) is 24.3 Å². The number of hydrogen-bond acceptors (Lipinski definition) is 3. The summed E-state index contributed by atoms with van der Waals surface area (Å²) < 4.78 is 5.34. The maximum atomic E-state index is 11.9. The van der Waals surface area contributed by atoms with Gasteiger partial charge in [-0.2, -0.15) is 0 Å². The highest BCUT2D eigenvalue weighted by Gasteiger charge is 2.31. The van der Waals surface area contributed by atoms with Gasteiger partial charge in [-0.25, -0.2) is 4.79 Å². The summed E-state index contributed by atoms with van der Waals surface area (Å²) in [6.07, 6.45) is 0.572. The largest absolute Gasteiger partial charge is 0.444 e. The minimum absolute atomic E-state index is 0.0750. The number of aryl methyl sites for hydroxylation is 1. The van der Waals surface area contributed by atoms with E-state index in [4.69, 9.17) is 4.74 Å². The van der Waals surface area contributed by atoms with Gasteiger partial charge in [0.25, 0.3) is 0 Å². The molecule has 110 valence electrons. The summed E-state index contributed by atoms with van der Waals surface area (Å²) in [5, 5.41) is 6.45. The number of nitrogens with one attached hydrogen (secondary N) is 2. The van der Waals surface area contributed by atoms with Crippen LogP contribution in [0, 0.1) is 6.92 Å². The first-order chi connectivity index (χ1) is 9.37. The Bertz CT molecular complexity index is 480. The van der Waals surface area contributed by atoms with Crippen molar-refractivity contribution in [3.8, 4) is 0 Å². The lowest BCUT2D eigenvalue weighted by molar-refractivity contribution is 0.0500. The van der Waals surface area contributed by atoms with Crippen molar-refractivity contribution in [2.24, 2.45) is 0 Å². The van der Waals surface area contributed by atoms with Gasteiger partial charge < -0.3 is 15.4 Å². The van der Waals surface area contributed by atoms with E-state index in [0.717, 1.165) is 13.0 Å². The predicted molar refractivity (Wildman–Crippen MR) is 79.7 cm³/mol. The first-order valence-corrected chi connectivity index (χ1v) is 7.15. The topological polar surface area (TPSA) is 50.4 Å². The zero-order valence-electron chi connectivity index (χ0n) is 12.7. The van der Waals surface area contributed by atoms with Crippen molar-refractivity contribution in [2.45, 2.75) is 51.8 Å². The smallest absolute Gasteiger partial charge is 0.407 e. The molecule has 1 aromatic rings. The Labute approximate surface area is 120 Å². The first kappa shape index (κ1) is 14.9. The SMILES string of the molecule is Cc1ccccc1[C@@H]1NCC[C@H]1NC(=O)OC(C)(C)C. The maximum absolute atomic E-state index is 11.9. The first-order valence-electron chi connectivity index (χ1n) is 7.15. The molecule has 2 atom stereocenters. The zero-order chi connectivity index (χ0) is 14.8. The van der Waals surface area contributed by atoms with E-state index in [9.17, 15) is 4.79 Å². The molecule has 20 heavy (non-hydrogen) atoms. The van der Waals surface area contributed by atoms with Crippen LogP contribution in [0.5, 0.6) is 0 Å². The van der Waals surface area contributed by atoms with E-state index in [1.54, 1.807) is 0 Å². The van der Waals surface area contributed by atoms with Crippen molar-refractivity contribution < 1.29 is 9.53 Å². The van der Waals surface area contributed by atoms with Crippen LogP contribution in [-0.4, -0.2) is 24.3 Å². The minimum atomic E-state index is -0.464. The van der Waals surface area contributed by atoms with Gasteiger partial charge in [0.2, 0.25) is 0 Å². The van der Waals surface area contributed by atoms with E-state index >= 15 is 0 Å². The number of alkyl carbamates (subject to hydrolysis) is 1. The summed E-state index contributed by atoms with van der Waals surface area (Å²) in [6, 6.07) is 8.51. The number of hydrogen-bond donors (Lipinski definition) is 2. The molecule has 4 nitrogen and oxygen atoms in total. The van der Waals surface area contributed by atoms with E-state index in [2.05, 4.69) is 29.7 Å². The summed E-state index contributed by atoms with van der Waals surface area (Å²) >= 11 is 0. The van der Waals surface area contributed by atoms with Gasteiger partial charge in [0.1, 0.15) is 5.60 Å². The molecule has 1 amide bonds. The monoisotopic (exact) mass is 276 g/mol. The zero-order valence-corrected chi connectivity index (χ0v) is 12.7. The molecule has 0 aromatic heterocycles. The van der Waals surface area contributed by atoms with Crippen LogP contribution >= 0.6 is 0 Å². The van der Waals surface area contributed by atoms with E-state index in [0.29, 0.717) is 0 Å². The molecule has 2 N–H and O–H groups in total. The summed E-state index contributed by atoms with van der Waals surface area (Å²) in [5.74, 6) is 0. The highest BCUT2D eigenvalue weighted by Crippen LogP contribution is 2.26. The van der Waals surface area contributed by atoms with E-state index in [1.165, 1.54) is 11.1 Å². The van der Waals surface area contributed by atoms with Crippen LogP contribution in [0.2, 0.25) is 0 Å². The molecule has 1 fully saturated rings.